The average Bonchev–Trinajstić information content (AvgIpc) is 3.32. The molecule has 0 bridgehead atoms. The Bertz CT molecular complexity index is 787. The monoisotopic (exact) mass is 395 g/mol. The molecule has 1 amide bonds. The van der Waals surface area contributed by atoms with Gasteiger partial charge in [0.1, 0.15) is 5.82 Å². The Morgan fingerprint density at radius 1 is 0.897 bits per heavy atom. The van der Waals surface area contributed by atoms with Crippen molar-refractivity contribution in [3.8, 4) is 0 Å². The highest BCUT2D eigenvalue weighted by atomic mass is 16.1. The zero-order chi connectivity index (χ0) is 19.9. The van der Waals surface area contributed by atoms with Crippen LogP contribution in [0.25, 0.3) is 0 Å². The minimum atomic E-state index is -0.0222. The number of carbonyl (C=O) groups excluding carboxylic acids is 1. The number of aromatic nitrogens is 3. The van der Waals surface area contributed by atoms with E-state index in [9.17, 15) is 4.79 Å². The van der Waals surface area contributed by atoms with E-state index in [1.54, 1.807) is 18.6 Å². The van der Waals surface area contributed by atoms with Crippen molar-refractivity contribution in [1.82, 2.24) is 25.2 Å². The third-order valence-corrected chi connectivity index (χ3v) is 5.58. The lowest BCUT2D eigenvalue weighted by atomic mass is 10.2. The van der Waals surface area contributed by atoms with Gasteiger partial charge in [-0.25, -0.2) is 15.0 Å². The van der Waals surface area contributed by atoms with Gasteiger partial charge in [-0.15, -0.1) is 0 Å². The first-order chi connectivity index (χ1) is 14.3. The predicted octanol–water partition coefficient (Wildman–Crippen LogP) is 1.41. The molecule has 0 atom stereocenters. The van der Waals surface area contributed by atoms with Gasteiger partial charge < -0.3 is 15.1 Å². The molecule has 154 valence electrons. The summed E-state index contributed by atoms with van der Waals surface area (Å²) in [5, 5.41) is 3.07. The number of piperazine rings is 1. The number of hydrogen-bond acceptors (Lipinski definition) is 7. The van der Waals surface area contributed by atoms with E-state index in [1.807, 2.05) is 18.2 Å². The van der Waals surface area contributed by atoms with Crippen LogP contribution in [-0.4, -0.2) is 78.1 Å². The molecule has 0 aromatic carbocycles. The Morgan fingerprint density at radius 2 is 1.62 bits per heavy atom. The molecule has 2 aliphatic rings. The van der Waals surface area contributed by atoms with Crippen LogP contribution in [-0.2, 0) is 0 Å². The molecule has 2 aromatic rings. The molecule has 4 heterocycles. The number of rotatable bonds is 7. The van der Waals surface area contributed by atoms with E-state index in [4.69, 9.17) is 0 Å². The van der Waals surface area contributed by atoms with Crippen molar-refractivity contribution in [2.24, 2.45) is 0 Å². The number of amides is 1. The summed E-state index contributed by atoms with van der Waals surface area (Å²) in [6.45, 7) is 7.48. The van der Waals surface area contributed by atoms with Crippen molar-refractivity contribution in [3.05, 3.63) is 42.4 Å². The Labute approximate surface area is 172 Å². The van der Waals surface area contributed by atoms with Gasteiger partial charge in [0.2, 0.25) is 5.95 Å². The molecule has 0 unspecified atom stereocenters. The molecule has 0 saturated carbocycles. The van der Waals surface area contributed by atoms with Crippen LogP contribution in [0.15, 0.2) is 36.8 Å². The van der Waals surface area contributed by atoms with Crippen LogP contribution in [0.4, 0.5) is 11.8 Å². The molecule has 1 N–H and O–H groups in total. The van der Waals surface area contributed by atoms with Gasteiger partial charge in [-0.05, 0) is 44.0 Å². The van der Waals surface area contributed by atoms with E-state index in [0.29, 0.717) is 12.1 Å². The lowest BCUT2D eigenvalue weighted by molar-refractivity contribution is 0.0951. The molecule has 2 fully saturated rings. The summed E-state index contributed by atoms with van der Waals surface area (Å²) >= 11 is 0. The van der Waals surface area contributed by atoms with Crippen LogP contribution in [0.1, 0.15) is 29.6 Å². The molecule has 29 heavy (non-hydrogen) atoms. The lowest BCUT2D eigenvalue weighted by Crippen LogP contribution is -2.47. The van der Waals surface area contributed by atoms with E-state index in [2.05, 4.69) is 35.0 Å². The fraction of sp³-hybridized carbons (Fsp3) is 0.524. The number of nitrogens with zero attached hydrogens (tertiary/aromatic N) is 6. The van der Waals surface area contributed by atoms with Gasteiger partial charge in [-0.1, -0.05) is 0 Å². The first kappa shape index (κ1) is 19.6. The minimum Gasteiger partial charge on any atom is -0.356 e. The van der Waals surface area contributed by atoms with Gasteiger partial charge in [-0.3, -0.25) is 9.69 Å². The van der Waals surface area contributed by atoms with Crippen molar-refractivity contribution in [1.29, 1.82) is 0 Å². The minimum absolute atomic E-state index is 0.0222. The topological polar surface area (TPSA) is 77.5 Å². The van der Waals surface area contributed by atoms with Crippen molar-refractivity contribution in [2.45, 2.75) is 19.3 Å². The third-order valence-electron chi connectivity index (χ3n) is 5.58. The fourth-order valence-electron chi connectivity index (χ4n) is 3.98. The molecule has 8 heteroatoms. The molecule has 2 aliphatic heterocycles. The maximum absolute atomic E-state index is 12.7. The van der Waals surface area contributed by atoms with Crippen LogP contribution in [0, 0.1) is 0 Å². The van der Waals surface area contributed by atoms with E-state index >= 15 is 0 Å². The zero-order valence-electron chi connectivity index (χ0n) is 16.8. The van der Waals surface area contributed by atoms with Crippen molar-refractivity contribution in [2.75, 3.05) is 62.2 Å². The van der Waals surface area contributed by atoms with Gasteiger partial charge in [0.05, 0.1) is 5.56 Å². The SMILES string of the molecule is O=C(NCCCN1CCN(c2ncccn2)CC1)c1cccnc1N1CCCC1. The maximum Gasteiger partial charge on any atom is 0.255 e. The molecule has 8 nitrogen and oxygen atoms in total. The van der Waals surface area contributed by atoms with Crippen LogP contribution >= 0.6 is 0 Å². The van der Waals surface area contributed by atoms with Crippen molar-refractivity contribution in [3.63, 3.8) is 0 Å². The smallest absolute Gasteiger partial charge is 0.255 e. The first-order valence-corrected chi connectivity index (χ1v) is 10.5. The normalized spacial score (nSPS) is 17.5. The summed E-state index contributed by atoms with van der Waals surface area (Å²) in [7, 11) is 0. The first-order valence-electron chi connectivity index (χ1n) is 10.5. The lowest BCUT2D eigenvalue weighted by Gasteiger charge is -2.34. The summed E-state index contributed by atoms with van der Waals surface area (Å²) in [5.74, 6) is 1.61. The maximum atomic E-state index is 12.7. The van der Waals surface area contributed by atoms with E-state index in [0.717, 1.165) is 64.0 Å². The number of nitrogens with one attached hydrogen (secondary N) is 1. The molecule has 2 aromatic heterocycles. The van der Waals surface area contributed by atoms with Crippen LogP contribution in [0.5, 0.6) is 0 Å². The van der Waals surface area contributed by atoms with Gasteiger partial charge in [0.25, 0.3) is 5.91 Å². The van der Waals surface area contributed by atoms with Crippen LogP contribution in [0.3, 0.4) is 0 Å². The van der Waals surface area contributed by atoms with Gasteiger partial charge in [0.15, 0.2) is 0 Å². The second-order valence-electron chi connectivity index (χ2n) is 7.56. The Morgan fingerprint density at radius 3 is 2.38 bits per heavy atom. The summed E-state index contributed by atoms with van der Waals surface area (Å²) in [6.07, 6.45) is 8.61. The summed E-state index contributed by atoms with van der Waals surface area (Å²) in [5.41, 5.74) is 0.686. The van der Waals surface area contributed by atoms with E-state index in [1.165, 1.54) is 12.8 Å². The molecule has 4 rings (SSSR count). The largest absolute Gasteiger partial charge is 0.356 e. The third kappa shape index (κ3) is 5.00. The number of carbonyl (C=O) groups is 1. The Kier molecular flexibility index (Phi) is 6.51. The summed E-state index contributed by atoms with van der Waals surface area (Å²) in [4.78, 5) is 32.6. The molecule has 2 saturated heterocycles. The van der Waals surface area contributed by atoms with Crippen molar-refractivity contribution >= 4 is 17.7 Å². The van der Waals surface area contributed by atoms with Gasteiger partial charge in [-0.2, -0.15) is 0 Å². The van der Waals surface area contributed by atoms with Gasteiger partial charge in [0, 0.05) is 64.4 Å². The standard InChI is InChI=1S/C21H29N7O/c29-20(18-6-3-7-22-19(18)27-12-1-2-13-27)23-10-5-11-26-14-16-28(17-15-26)21-24-8-4-9-25-21/h3-4,6-9H,1-2,5,10-17H2,(H,23,29). The molecular weight excluding hydrogens is 366 g/mol. The fourth-order valence-corrected chi connectivity index (χ4v) is 3.98. The second-order valence-corrected chi connectivity index (χ2v) is 7.56. The zero-order valence-corrected chi connectivity index (χ0v) is 16.8. The molecule has 0 radical (unpaired) electrons. The van der Waals surface area contributed by atoms with Crippen LogP contribution in [0.2, 0.25) is 0 Å². The highest BCUT2D eigenvalue weighted by Gasteiger charge is 2.21. The average molecular weight is 396 g/mol. The quantitative estimate of drug-likeness (QED) is 0.711. The number of pyridine rings is 1. The van der Waals surface area contributed by atoms with Crippen molar-refractivity contribution < 1.29 is 4.79 Å². The molecule has 0 spiro atoms. The summed E-state index contributed by atoms with van der Waals surface area (Å²) in [6, 6.07) is 5.55. The van der Waals surface area contributed by atoms with E-state index < -0.39 is 0 Å². The second kappa shape index (κ2) is 9.65. The summed E-state index contributed by atoms with van der Waals surface area (Å²) < 4.78 is 0. The number of hydrogen-bond donors (Lipinski definition) is 1. The number of anilines is 2. The highest BCUT2D eigenvalue weighted by molar-refractivity contribution is 5.98. The predicted molar refractivity (Wildman–Crippen MR) is 113 cm³/mol. The van der Waals surface area contributed by atoms with Gasteiger partial charge >= 0.3 is 0 Å². The Balaban J connectivity index is 1.19. The van der Waals surface area contributed by atoms with E-state index in [-0.39, 0.29) is 5.91 Å². The molecule has 0 aliphatic carbocycles. The Hall–Kier alpha value is -2.74. The molecular formula is C21H29N7O. The highest BCUT2D eigenvalue weighted by Crippen LogP contribution is 2.21. The van der Waals surface area contributed by atoms with Crippen LogP contribution < -0.4 is 15.1 Å².